The van der Waals surface area contributed by atoms with Crippen LogP contribution in [0.3, 0.4) is 0 Å². The minimum Gasteiger partial charge on any atom is -0.356 e. The van der Waals surface area contributed by atoms with E-state index in [2.05, 4.69) is 0 Å². The first-order chi connectivity index (χ1) is 12.4. The van der Waals surface area contributed by atoms with E-state index < -0.39 is 17.6 Å². The Bertz CT molecular complexity index is 887. The molecule has 0 aliphatic carbocycles. The predicted molar refractivity (Wildman–Crippen MR) is 96.5 cm³/mol. The summed E-state index contributed by atoms with van der Waals surface area (Å²) in [6, 6.07) is 12.1. The fourth-order valence-electron chi connectivity index (χ4n) is 4.15. The molecular weight excluding hydrogens is 331 g/mol. The van der Waals surface area contributed by atoms with Gasteiger partial charge in [-0.3, -0.25) is 9.59 Å². The molecule has 4 rings (SSSR count). The summed E-state index contributed by atoms with van der Waals surface area (Å²) in [5, 5.41) is 0. The second-order valence-corrected chi connectivity index (χ2v) is 7.35. The normalized spacial score (nSPS) is 27.8. The summed E-state index contributed by atoms with van der Waals surface area (Å²) in [5.41, 5.74) is 2.78. The van der Waals surface area contributed by atoms with E-state index in [0.717, 1.165) is 22.3 Å². The quantitative estimate of drug-likeness (QED) is 0.777. The van der Waals surface area contributed by atoms with Gasteiger partial charge >= 0.3 is 0 Å². The average Bonchev–Trinajstić information content (AvgIpc) is 3.02. The molecule has 26 heavy (non-hydrogen) atoms. The molecule has 2 aliphatic heterocycles. The molecule has 1 unspecified atom stereocenters. The van der Waals surface area contributed by atoms with Crippen LogP contribution in [0.15, 0.2) is 42.5 Å². The van der Waals surface area contributed by atoms with Crippen LogP contribution >= 0.6 is 0 Å². The molecule has 0 spiro atoms. The van der Waals surface area contributed by atoms with Crippen LogP contribution in [0.4, 0.5) is 4.39 Å². The number of hydrogen-bond donors (Lipinski definition) is 0. The van der Waals surface area contributed by atoms with Crippen LogP contribution in [0.1, 0.15) is 43.7 Å². The number of ketones is 2. The number of halogens is 1. The van der Waals surface area contributed by atoms with Gasteiger partial charge in [-0.1, -0.05) is 37.3 Å². The van der Waals surface area contributed by atoms with Crippen molar-refractivity contribution in [2.24, 2.45) is 0 Å². The van der Waals surface area contributed by atoms with Crippen LogP contribution in [0.25, 0.3) is 11.1 Å². The summed E-state index contributed by atoms with van der Waals surface area (Å²) >= 11 is 0. The number of aryl methyl sites for hydroxylation is 1. The monoisotopic (exact) mass is 352 g/mol. The number of rotatable bonds is 3. The van der Waals surface area contributed by atoms with Crippen molar-refractivity contribution in [3.63, 3.8) is 0 Å². The summed E-state index contributed by atoms with van der Waals surface area (Å²) in [6.45, 7) is 3.81. The molecule has 0 amide bonds. The van der Waals surface area contributed by atoms with Crippen molar-refractivity contribution < 1.29 is 18.7 Å². The molecule has 0 radical (unpaired) electrons. The van der Waals surface area contributed by atoms with Gasteiger partial charge < -0.3 is 4.74 Å². The molecular formula is C22H21FO3. The molecule has 2 aromatic rings. The van der Waals surface area contributed by atoms with Gasteiger partial charge in [-0.05, 0) is 60.6 Å². The van der Waals surface area contributed by atoms with Crippen LogP contribution in [0, 0.1) is 5.82 Å². The largest absolute Gasteiger partial charge is 0.356 e. The number of carbonyl (C=O) groups excluding carboxylic acids is 2. The Labute approximate surface area is 152 Å². The number of benzene rings is 2. The first kappa shape index (κ1) is 17.1. The molecule has 2 fully saturated rings. The Morgan fingerprint density at radius 1 is 1.12 bits per heavy atom. The predicted octanol–water partition coefficient (Wildman–Crippen LogP) is 4.23. The van der Waals surface area contributed by atoms with E-state index in [1.807, 2.05) is 25.1 Å². The van der Waals surface area contributed by atoms with Gasteiger partial charge in [0.25, 0.3) is 0 Å². The third-order valence-corrected chi connectivity index (χ3v) is 5.68. The van der Waals surface area contributed by atoms with Crippen LogP contribution in [-0.2, 0) is 20.7 Å². The van der Waals surface area contributed by atoms with Crippen molar-refractivity contribution in [2.75, 3.05) is 0 Å². The molecule has 2 aromatic carbocycles. The van der Waals surface area contributed by atoms with Gasteiger partial charge in [-0.25, -0.2) is 4.39 Å². The molecule has 2 aliphatic rings. The van der Waals surface area contributed by atoms with Gasteiger partial charge in [-0.15, -0.1) is 0 Å². The van der Waals surface area contributed by atoms with Gasteiger partial charge in [0.2, 0.25) is 0 Å². The molecule has 0 aromatic heterocycles. The second-order valence-electron chi connectivity index (χ2n) is 7.35. The fourth-order valence-corrected chi connectivity index (χ4v) is 4.15. The van der Waals surface area contributed by atoms with Crippen LogP contribution in [0.2, 0.25) is 0 Å². The third kappa shape index (κ3) is 2.60. The molecule has 134 valence electrons. The van der Waals surface area contributed by atoms with E-state index in [9.17, 15) is 14.0 Å². The minimum atomic E-state index is -0.843. The molecule has 2 bridgehead atoms. The highest BCUT2D eigenvalue weighted by atomic mass is 19.1. The zero-order valence-corrected chi connectivity index (χ0v) is 14.9. The lowest BCUT2D eigenvalue weighted by Crippen LogP contribution is -2.49. The fraction of sp³-hybridized carbons (Fsp3) is 0.364. The lowest BCUT2D eigenvalue weighted by molar-refractivity contribution is -0.160. The van der Waals surface area contributed by atoms with Crippen molar-refractivity contribution in [1.29, 1.82) is 0 Å². The molecule has 0 saturated carbocycles. The highest BCUT2D eigenvalue weighted by Gasteiger charge is 2.55. The van der Waals surface area contributed by atoms with Gasteiger partial charge in [0, 0.05) is 0 Å². The Morgan fingerprint density at radius 2 is 1.81 bits per heavy atom. The molecule has 3 nitrogen and oxygen atoms in total. The zero-order chi connectivity index (χ0) is 18.5. The number of fused-ring (bicyclic) bond motifs is 2. The van der Waals surface area contributed by atoms with Crippen molar-refractivity contribution in [2.45, 2.75) is 50.7 Å². The summed E-state index contributed by atoms with van der Waals surface area (Å²) in [5.74, 6) is -1.25. The van der Waals surface area contributed by atoms with Crippen LogP contribution < -0.4 is 0 Å². The van der Waals surface area contributed by atoms with Gasteiger partial charge in [0.15, 0.2) is 11.6 Å². The van der Waals surface area contributed by atoms with E-state index >= 15 is 0 Å². The lowest BCUT2D eigenvalue weighted by atomic mass is 9.78. The number of carbonyl (C=O) groups is 2. The zero-order valence-electron chi connectivity index (χ0n) is 14.9. The van der Waals surface area contributed by atoms with Crippen LogP contribution in [-0.4, -0.2) is 23.3 Å². The highest BCUT2D eigenvalue weighted by molar-refractivity contribution is 6.15. The summed E-state index contributed by atoms with van der Waals surface area (Å²) < 4.78 is 18.9. The summed E-state index contributed by atoms with van der Waals surface area (Å²) in [6.07, 6.45) is 1.47. The maximum Gasteiger partial charge on any atom is 0.179 e. The van der Waals surface area contributed by atoms with Crippen molar-refractivity contribution >= 4 is 11.6 Å². The maximum absolute atomic E-state index is 13.2. The first-order valence-corrected chi connectivity index (χ1v) is 9.07. The number of Topliss-reactive ketones (excluding diaryl/α,β-unsaturated/α-hetero) is 2. The Balaban J connectivity index is 1.76. The molecule has 2 saturated heterocycles. The Kier molecular flexibility index (Phi) is 4.03. The standard InChI is InChI=1S/C22H21FO3/c1-3-13-12-15(14-4-7-16(23)8-5-14)6-9-17(13)19-20(24)18-10-11-22(2,26-18)21(19)25/h4-9,12,18-19H,3,10-11H2,1-2H3/t18-,19?,22+/m0/s1. The summed E-state index contributed by atoms with van der Waals surface area (Å²) in [4.78, 5) is 25.8. The van der Waals surface area contributed by atoms with E-state index in [0.29, 0.717) is 19.3 Å². The lowest BCUT2D eigenvalue weighted by Gasteiger charge is -2.34. The van der Waals surface area contributed by atoms with Gasteiger partial charge in [0.1, 0.15) is 23.4 Å². The van der Waals surface area contributed by atoms with Crippen molar-refractivity contribution in [3.05, 3.63) is 59.4 Å². The molecule has 2 heterocycles. The topological polar surface area (TPSA) is 43.4 Å². The summed E-state index contributed by atoms with van der Waals surface area (Å²) in [7, 11) is 0. The molecule has 4 heteroatoms. The van der Waals surface area contributed by atoms with E-state index in [1.54, 1.807) is 19.1 Å². The first-order valence-electron chi connectivity index (χ1n) is 9.07. The Morgan fingerprint density at radius 3 is 2.50 bits per heavy atom. The van der Waals surface area contributed by atoms with Gasteiger partial charge in [0.05, 0.1) is 0 Å². The van der Waals surface area contributed by atoms with E-state index in [4.69, 9.17) is 4.74 Å². The average molecular weight is 352 g/mol. The minimum absolute atomic E-state index is 0.116. The van der Waals surface area contributed by atoms with Crippen LogP contribution in [0.5, 0.6) is 0 Å². The smallest absolute Gasteiger partial charge is 0.179 e. The van der Waals surface area contributed by atoms with Crippen molar-refractivity contribution in [1.82, 2.24) is 0 Å². The SMILES string of the molecule is CCc1cc(-c2ccc(F)cc2)ccc1C1C(=O)[C@@H]2CC[C@@](C)(O2)C1=O. The molecule has 0 N–H and O–H groups in total. The van der Waals surface area contributed by atoms with Gasteiger partial charge in [-0.2, -0.15) is 0 Å². The van der Waals surface area contributed by atoms with E-state index in [1.165, 1.54) is 12.1 Å². The second kappa shape index (κ2) is 6.13. The number of hydrogen-bond acceptors (Lipinski definition) is 3. The maximum atomic E-state index is 13.2. The Hall–Kier alpha value is -2.33. The molecule has 3 atom stereocenters. The number of ether oxygens (including phenoxy) is 1. The van der Waals surface area contributed by atoms with E-state index in [-0.39, 0.29) is 17.4 Å². The van der Waals surface area contributed by atoms with Crippen molar-refractivity contribution in [3.8, 4) is 11.1 Å². The highest BCUT2D eigenvalue weighted by Crippen LogP contribution is 2.44. The third-order valence-electron chi connectivity index (χ3n) is 5.68.